The van der Waals surface area contributed by atoms with Gasteiger partial charge in [0.15, 0.2) is 11.5 Å². The molecule has 0 amide bonds. The lowest BCUT2D eigenvalue weighted by Crippen LogP contribution is -2.28. The van der Waals surface area contributed by atoms with Gasteiger partial charge in [0.25, 0.3) is 5.56 Å². The quantitative estimate of drug-likeness (QED) is 0.564. The third kappa shape index (κ3) is 2.84. The van der Waals surface area contributed by atoms with Gasteiger partial charge in [0.1, 0.15) is 5.82 Å². The Kier molecular flexibility index (Phi) is 4.03. The Morgan fingerprint density at radius 1 is 1.10 bits per heavy atom. The number of rotatable bonds is 2. The summed E-state index contributed by atoms with van der Waals surface area (Å²) in [5, 5.41) is 3.83. The van der Waals surface area contributed by atoms with Gasteiger partial charge < -0.3 is 14.3 Å². The van der Waals surface area contributed by atoms with E-state index in [-0.39, 0.29) is 22.6 Å². The lowest BCUT2D eigenvalue weighted by atomic mass is 10.0. The molecule has 5 nitrogen and oxygen atoms in total. The van der Waals surface area contributed by atoms with Gasteiger partial charge in [0, 0.05) is 30.7 Å². The van der Waals surface area contributed by atoms with Gasteiger partial charge in [-0.05, 0) is 54.6 Å². The predicted octanol–water partition coefficient (Wildman–Crippen LogP) is 3.68. The molecule has 4 aromatic rings. The maximum atomic E-state index is 15.0. The van der Waals surface area contributed by atoms with Gasteiger partial charge in [-0.3, -0.25) is 4.79 Å². The SMILES string of the molecule is Cc1cn2cc(-c3cc(F)c4c(=O)n([C@@H]5CNC[C@@H]5C)ccc4c3)cc(F)c2n1. The molecule has 4 heterocycles. The number of nitrogens with zero attached hydrogens (tertiary/aromatic N) is 3. The van der Waals surface area contributed by atoms with E-state index in [0.29, 0.717) is 34.7 Å². The number of aryl methyl sites for hydroxylation is 1. The summed E-state index contributed by atoms with van der Waals surface area (Å²) >= 11 is 0. The summed E-state index contributed by atoms with van der Waals surface area (Å²) < 4.78 is 32.7. The Morgan fingerprint density at radius 3 is 2.66 bits per heavy atom. The predicted molar refractivity (Wildman–Crippen MR) is 108 cm³/mol. The van der Waals surface area contributed by atoms with Crippen molar-refractivity contribution in [3.8, 4) is 11.1 Å². The largest absolute Gasteiger partial charge is 0.314 e. The third-order valence-electron chi connectivity index (χ3n) is 5.78. The molecule has 5 rings (SSSR count). The summed E-state index contributed by atoms with van der Waals surface area (Å²) in [5.74, 6) is -0.784. The van der Waals surface area contributed by atoms with Gasteiger partial charge in [-0.2, -0.15) is 0 Å². The monoisotopic (exact) mass is 394 g/mol. The number of hydrogen-bond donors (Lipinski definition) is 1. The first-order valence-electron chi connectivity index (χ1n) is 9.63. The minimum absolute atomic E-state index is 0.00644. The van der Waals surface area contributed by atoms with E-state index in [1.54, 1.807) is 46.6 Å². The van der Waals surface area contributed by atoms with Crippen molar-refractivity contribution >= 4 is 16.4 Å². The molecule has 0 aliphatic carbocycles. The van der Waals surface area contributed by atoms with E-state index >= 15 is 4.39 Å². The summed E-state index contributed by atoms with van der Waals surface area (Å²) in [6.07, 6.45) is 5.16. The maximum Gasteiger partial charge on any atom is 0.261 e. The lowest BCUT2D eigenvalue weighted by molar-refractivity contribution is 0.428. The van der Waals surface area contributed by atoms with Gasteiger partial charge in [-0.1, -0.05) is 6.92 Å². The first-order valence-corrected chi connectivity index (χ1v) is 9.63. The third-order valence-corrected chi connectivity index (χ3v) is 5.78. The van der Waals surface area contributed by atoms with Crippen molar-refractivity contribution in [2.45, 2.75) is 19.9 Å². The summed E-state index contributed by atoms with van der Waals surface area (Å²) in [6.45, 7) is 5.38. The molecule has 0 spiro atoms. The summed E-state index contributed by atoms with van der Waals surface area (Å²) in [7, 11) is 0. The molecule has 1 aliphatic heterocycles. The number of pyridine rings is 2. The first kappa shape index (κ1) is 18.0. The van der Waals surface area contributed by atoms with Crippen LogP contribution < -0.4 is 10.9 Å². The highest BCUT2D eigenvalue weighted by molar-refractivity contribution is 5.87. The van der Waals surface area contributed by atoms with Crippen molar-refractivity contribution in [1.82, 2.24) is 19.3 Å². The topological polar surface area (TPSA) is 51.3 Å². The van der Waals surface area contributed by atoms with Gasteiger partial charge in [0.05, 0.1) is 17.1 Å². The number of imidazole rings is 1. The highest BCUT2D eigenvalue weighted by Crippen LogP contribution is 2.28. The molecule has 7 heteroatoms. The number of benzene rings is 1. The summed E-state index contributed by atoms with van der Waals surface area (Å²) in [6, 6.07) is 6.13. The summed E-state index contributed by atoms with van der Waals surface area (Å²) in [5.41, 5.74) is 1.62. The van der Waals surface area contributed by atoms with Crippen LogP contribution in [0.2, 0.25) is 0 Å². The standard InChI is InChI=1S/C22H20F2N4O/c1-12-8-25-9-19(12)28-4-3-14-5-15(6-17(23)20(14)22(28)29)16-7-18(24)21-26-13(2)10-27(21)11-16/h3-7,10-12,19,25H,8-9H2,1-2H3/t12-,19+/m0/s1. The van der Waals surface area contributed by atoms with Crippen LogP contribution in [0.1, 0.15) is 18.7 Å². The van der Waals surface area contributed by atoms with Gasteiger partial charge in [-0.25, -0.2) is 13.8 Å². The van der Waals surface area contributed by atoms with Gasteiger partial charge in [-0.15, -0.1) is 0 Å². The molecule has 1 aliphatic rings. The second-order valence-corrected chi connectivity index (χ2v) is 7.84. The van der Waals surface area contributed by atoms with Crippen LogP contribution in [0.4, 0.5) is 8.78 Å². The van der Waals surface area contributed by atoms with Crippen molar-refractivity contribution in [2.75, 3.05) is 13.1 Å². The highest BCUT2D eigenvalue weighted by Gasteiger charge is 2.26. The normalized spacial score (nSPS) is 19.4. The fourth-order valence-electron chi connectivity index (χ4n) is 4.28. The molecule has 29 heavy (non-hydrogen) atoms. The molecule has 2 atom stereocenters. The smallest absolute Gasteiger partial charge is 0.261 e. The molecule has 1 aromatic carbocycles. The molecule has 0 saturated carbocycles. The van der Waals surface area contributed by atoms with Crippen LogP contribution in [-0.4, -0.2) is 27.0 Å². The van der Waals surface area contributed by atoms with Crippen LogP contribution in [0, 0.1) is 24.5 Å². The van der Waals surface area contributed by atoms with Crippen LogP contribution in [0.3, 0.4) is 0 Å². The summed E-state index contributed by atoms with van der Waals surface area (Å²) in [4.78, 5) is 17.1. The van der Waals surface area contributed by atoms with Crippen LogP contribution in [0.25, 0.3) is 27.5 Å². The second kappa shape index (κ2) is 6.49. The van der Waals surface area contributed by atoms with E-state index < -0.39 is 11.6 Å². The molecule has 1 N–H and O–H groups in total. The molecule has 148 valence electrons. The number of fused-ring (bicyclic) bond motifs is 2. The van der Waals surface area contributed by atoms with E-state index in [4.69, 9.17) is 0 Å². The van der Waals surface area contributed by atoms with Crippen molar-refractivity contribution in [2.24, 2.45) is 5.92 Å². The molecule has 0 bridgehead atoms. The second-order valence-electron chi connectivity index (χ2n) is 7.84. The maximum absolute atomic E-state index is 15.0. The Labute approximate surface area is 165 Å². The molecular weight excluding hydrogens is 374 g/mol. The zero-order chi connectivity index (χ0) is 20.3. The lowest BCUT2D eigenvalue weighted by Gasteiger charge is -2.18. The van der Waals surface area contributed by atoms with E-state index in [1.165, 1.54) is 12.1 Å². The van der Waals surface area contributed by atoms with E-state index in [2.05, 4.69) is 17.2 Å². The molecule has 1 saturated heterocycles. The van der Waals surface area contributed by atoms with E-state index in [0.717, 1.165) is 6.54 Å². The van der Waals surface area contributed by atoms with Crippen LogP contribution in [0.5, 0.6) is 0 Å². The number of hydrogen-bond acceptors (Lipinski definition) is 3. The number of halogens is 2. The fraction of sp³-hybridized carbons (Fsp3) is 0.273. The first-order chi connectivity index (χ1) is 13.9. The van der Waals surface area contributed by atoms with Gasteiger partial charge >= 0.3 is 0 Å². The van der Waals surface area contributed by atoms with Crippen molar-refractivity contribution in [3.63, 3.8) is 0 Å². The molecule has 0 unspecified atom stereocenters. The molecular formula is C22H20F2N4O. The zero-order valence-electron chi connectivity index (χ0n) is 16.1. The van der Waals surface area contributed by atoms with E-state index in [9.17, 15) is 9.18 Å². The Morgan fingerprint density at radius 2 is 1.90 bits per heavy atom. The molecule has 3 aromatic heterocycles. The Hall–Kier alpha value is -3.06. The fourth-order valence-corrected chi connectivity index (χ4v) is 4.28. The van der Waals surface area contributed by atoms with Crippen molar-refractivity contribution < 1.29 is 8.78 Å². The average Bonchev–Trinajstić information content (AvgIpc) is 3.26. The average molecular weight is 394 g/mol. The minimum Gasteiger partial charge on any atom is -0.314 e. The molecule has 1 fully saturated rings. The van der Waals surface area contributed by atoms with Crippen molar-refractivity contribution in [3.05, 3.63) is 70.5 Å². The number of aromatic nitrogens is 3. The Bertz CT molecular complexity index is 1320. The van der Waals surface area contributed by atoms with Crippen molar-refractivity contribution in [1.29, 1.82) is 0 Å². The van der Waals surface area contributed by atoms with E-state index in [1.807, 2.05) is 0 Å². The van der Waals surface area contributed by atoms with Crippen LogP contribution in [-0.2, 0) is 0 Å². The molecule has 0 radical (unpaired) electrons. The Balaban J connectivity index is 1.67. The zero-order valence-corrected chi connectivity index (χ0v) is 16.1. The highest BCUT2D eigenvalue weighted by atomic mass is 19.1. The number of nitrogens with one attached hydrogen (secondary N) is 1. The van der Waals surface area contributed by atoms with Crippen LogP contribution >= 0.6 is 0 Å². The van der Waals surface area contributed by atoms with Gasteiger partial charge in [0.2, 0.25) is 0 Å². The minimum atomic E-state index is -0.599. The van der Waals surface area contributed by atoms with Crippen LogP contribution in [0.15, 0.2) is 47.7 Å².